The van der Waals surface area contributed by atoms with E-state index in [1.165, 1.54) is 18.4 Å². The van der Waals surface area contributed by atoms with Crippen LogP contribution in [-0.2, 0) is 6.54 Å². The number of halogens is 1. The third kappa shape index (κ3) is 2.05. The van der Waals surface area contributed by atoms with E-state index in [0.29, 0.717) is 11.1 Å². The molecule has 0 unspecified atom stereocenters. The van der Waals surface area contributed by atoms with Gasteiger partial charge < -0.3 is 0 Å². The van der Waals surface area contributed by atoms with Crippen molar-refractivity contribution in [2.75, 3.05) is 0 Å². The summed E-state index contributed by atoms with van der Waals surface area (Å²) in [5.74, 6) is 1.33. The highest BCUT2D eigenvalue weighted by Gasteiger charge is 2.22. The lowest BCUT2D eigenvalue weighted by molar-refractivity contribution is 0.562. The maximum absolute atomic E-state index is 6.01. The molecule has 0 radical (unpaired) electrons. The molecular formula is C10H15ClN2. The molecule has 1 heterocycles. The zero-order valence-electron chi connectivity index (χ0n) is 8.13. The molecule has 1 aromatic rings. The monoisotopic (exact) mass is 198 g/mol. The molecule has 72 valence electrons. The molecule has 0 aromatic carbocycles. The number of hydrogen-bond donors (Lipinski definition) is 0. The van der Waals surface area contributed by atoms with Crippen molar-refractivity contribution in [3.63, 3.8) is 0 Å². The van der Waals surface area contributed by atoms with E-state index in [0.717, 1.165) is 12.5 Å². The summed E-state index contributed by atoms with van der Waals surface area (Å²) in [6.45, 7) is 5.33. The Morgan fingerprint density at radius 3 is 2.77 bits per heavy atom. The molecule has 1 saturated carbocycles. The van der Waals surface area contributed by atoms with Gasteiger partial charge in [-0.15, -0.1) is 0 Å². The molecule has 2 rings (SSSR count). The lowest BCUT2D eigenvalue weighted by Gasteiger charge is -1.99. The van der Waals surface area contributed by atoms with Crippen molar-refractivity contribution in [1.82, 2.24) is 9.78 Å². The molecule has 1 aromatic heterocycles. The number of nitrogens with zero attached hydrogens (tertiary/aromatic N) is 2. The predicted octanol–water partition coefficient (Wildman–Crippen LogP) is 3.07. The van der Waals surface area contributed by atoms with Crippen molar-refractivity contribution in [1.29, 1.82) is 0 Å². The van der Waals surface area contributed by atoms with Crippen LogP contribution in [0.3, 0.4) is 0 Å². The van der Waals surface area contributed by atoms with Gasteiger partial charge in [0.1, 0.15) is 0 Å². The standard InChI is InChI=1S/C10H15ClN2/c1-7(2)9-6-13(12-10(9)11)5-8-3-4-8/h6-8H,3-5H2,1-2H3. The van der Waals surface area contributed by atoms with Gasteiger partial charge in [-0.05, 0) is 24.7 Å². The Hall–Kier alpha value is -0.500. The van der Waals surface area contributed by atoms with Crippen LogP contribution in [0.15, 0.2) is 6.20 Å². The van der Waals surface area contributed by atoms with Crippen LogP contribution in [0, 0.1) is 5.92 Å². The average Bonchev–Trinajstić information content (AvgIpc) is 2.75. The van der Waals surface area contributed by atoms with Gasteiger partial charge in [-0.3, -0.25) is 4.68 Å². The largest absolute Gasteiger partial charge is 0.271 e. The van der Waals surface area contributed by atoms with Gasteiger partial charge in [-0.1, -0.05) is 25.4 Å². The van der Waals surface area contributed by atoms with Crippen molar-refractivity contribution >= 4 is 11.6 Å². The lowest BCUT2D eigenvalue weighted by Crippen LogP contribution is -1.99. The molecule has 0 bridgehead atoms. The topological polar surface area (TPSA) is 17.8 Å². The molecule has 0 saturated heterocycles. The summed E-state index contributed by atoms with van der Waals surface area (Å²) < 4.78 is 2.00. The first-order chi connectivity index (χ1) is 6.16. The summed E-state index contributed by atoms with van der Waals surface area (Å²) >= 11 is 6.01. The van der Waals surface area contributed by atoms with Crippen LogP contribution in [0.4, 0.5) is 0 Å². The molecule has 13 heavy (non-hydrogen) atoms. The van der Waals surface area contributed by atoms with Crippen molar-refractivity contribution in [2.45, 2.75) is 39.2 Å². The Bertz CT molecular complexity index is 300. The van der Waals surface area contributed by atoms with E-state index in [2.05, 4.69) is 25.1 Å². The van der Waals surface area contributed by atoms with Crippen molar-refractivity contribution < 1.29 is 0 Å². The smallest absolute Gasteiger partial charge is 0.154 e. The fourth-order valence-corrected chi connectivity index (χ4v) is 1.82. The summed E-state index contributed by atoms with van der Waals surface area (Å²) in [5.41, 5.74) is 1.17. The van der Waals surface area contributed by atoms with Crippen LogP contribution in [0.5, 0.6) is 0 Å². The number of aromatic nitrogens is 2. The normalized spacial score (nSPS) is 16.9. The summed E-state index contributed by atoms with van der Waals surface area (Å²) in [7, 11) is 0. The molecule has 0 atom stereocenters. The SMILES string of the molecule is CC(C)c1cn(CC2CC2)nc1Cl. The Morgan fingerprint density at radius 2 is 2.31 bits per heavy atom. The van der Waals surface area contributed by atoms with Gasteiger partial charge in [0.05, 0.1) is 0 Å². The molecule has 0 N–H and O–H groups in total. The third-order valence-corrected chi connectivity index (χ3v) is 2.80. The van der Waals surface area contributed by atoms with Gasteiger partial charge in [-0.2, -0.15) is 5.10 Å². The highest BCUT2D eigenvalue weighted by Crippen LogP contribution is 2.31. The molecule has 0 amide bonds. The summed E-state index contributed by atoms with van der Waals surface area (Å²) in [5, 5.41) is 4.97. The van der Waals surface area contributed by atoms with Crippen LogP contribution in [-0.4, -0.2) is 9.78 Å². The van der Waals surface area contributed by atoms with E-state index in [4.69, 9.17) is 11.6 Å². The minimum Gasteiger partial charge on any atom is -0.271 e. The highest BCUT2D eigenvalue weighted by molar-refractivity contribution is 6.30. The van der Waals surface area contributed by atoms with Crippen LogP contribution in [0.2, 0.25) is 5.15 Å². The fraction of sp³-hybridized carbons (Fsp3) is 0.700. The quantitative estimate of drug-likeness (QED) is 0.730. The molecule has 1 aliphatic carbocycles. The second kappa shape index (κ2) is 3.33. The predicted molar refractivity (Wildman–Crippen MR) is 54.1 cm³/mol. The Labute approximate surface area is 83.9 Å². The molecule has 0 spiro atoms. The molecule has 3 heteroatoms. The van der Waals surface area contributed by atoms with Crippen LogP contribution in [0.1, 0.15) is 38.2 Å². The van der Waals surface area contributed by atoms with Crippen molar-refractivity contribution in [3.05, 3.63) is 16.9 Å². The van der Waals surface area contributed by atoms with Gasteiger partial charge >= 0.3 is 0 Å². The Balaban J connectivity index is 2.13. The first kappa shape index (κ1) is 9.07. The maximum Gasteiger partial charge on any atom is 0.154 e. The van der Waals surface area contributed by atoms with E-state index < -0.39 is 0 Å². The summed E-state index contributed by atoms with van der Waals surface area (Å²) in [4.78, 5) is 0. The van der Waals surface area contributed by atoms with Gasteiger partial charge in [0.2, 0.25) is 0 Å². The van der Waals surface area contributed by atoms with Gasteiger partial charge in [0, 0.05) is 18.3 Å². The van der Waals surface area contributed by atoms with E-state index in [9.17, 15) is 0 Å². The minimum atomic E-state index is 0.473. The van der Waals surface area contributed by atoms with E-state index >= 15 is 0 Å². The first-order valence-corrected chi connectivity index (χ1v) is 5.27. The minimum absolute atomic E-state index is 0.473. The molecule has 0 aliphatic heterocycles. The maximum atomic E-state index is 6.01. The van der Waals surface area contributed by atoms with E-state index in [1.807, 2.05) is 4.68 Å². The Kier molecular flexibility index (Phi) is 2.33. The van der Waals surface area contributed by atoms with Crippen LogP contribution < -0.4 is 0 Å². The molecular weight excluding hydrogens is 184 g/mol. The molecule has 1 fully saturated rings. The first-order valence-electron chi connectivity index (χ1n) is 4.89. The Morgan fingerprint density at radius 1 is 1.62 bits per heavy atom. The summed E-state index contributed by atoms with van der Waals surface area (Å²) in [6.07, 6.45) is 4.80. The van der Waals surface area contributed by atoms with Gasteiger partial charge in [0.25, 0.3) is 0 Å². The second-order valence-electron chi connectivity index (χ2n) is 4.20. The number of hydrogen-bond acceptors (Lipinski definition) is 1. The summed E-state index contributed by atoms with van der Waals surface area (Å²) in [6, 6.07) is 0. The van der Waals surface area contributed by atoms with Gasteiger partial charge in [-0.25, -0.2) is 0 Å². The van der Waals surface area contributed by atoms with E-state index in [1.54, 1.807) is 0 Å². The molecule has 1 aliphatic rings. The highest BCUT2D eigenvalue weighted by atomic mass is 35.5. The molecule has 2 nitrogen and oxygen atoms in total. The zero-order valence-corrected chi connectivity index (χ0v) is 8.88. The van der Waals surface area contributed by atoms with Gasteiger partial charge in [0.15, 0.2) is 5.15 Å². The fourth-order valence-electron chi connectivity index (χ4n) is 1.46. The van der Waals surface area contributed by atoms with Crippen molar-refractivity contribution in [2.24, 2.45) is 5.92 Å². The third-order valence-electron chi connectivity index (χ3n) is 2.51. The van der Waals surface area contributed by atoms with E-state index in [-0.39, 0.29) is 0 Å². The average molecular weight is 199 g/mol. The zero-order chi connectivity index (χ0) is 9.42. The van der Waals surface area contributed by atoms with Crippen LogP contribution in [0.25, 0.3) is 0 Å². The lowest BCUT2D eigenvalue weighted by atomic mass is 10.1. The van der Waals surface area contributed by atoms with Crippen LogP contribution >= 0.6 is 11.6 Å². The number of rotatable bonds is 3. The van der Waals surface area contributed by atoms with Crippen molar-refractivity contribution in [3.8, 4) is 0 Å². The second-order valence-corrected chi connectivity index (χ2v) is 4.55.